The van der Waals surface area contributed by atoms with E-state index in [1.165, 1.54) is 0 Å². The van der Waals surface area contributed by atoms with Gasteiger partial charge in [-0.15, -0.1) is 12.4 Å². The van der Waals surface area contributed by atoms with Crippen LogP contribution in [-0.2, 0) is 0 Å². The molecular formula is C20H26Cl2N4O. The number of rotatable bonds is 3. The molecule has 1 aromatic heterocycles. The summed E-state index contributed by atoms with van der Waals surface area (Å²) in [6.07, 6.45) is 3.92. The average molecular weight is 409 g/mol. The lowest BCUT2D eigenvalue weighted by Crippen LogP contribution is -2.33. The minimum atomic E-state index is 0. The van der Waals surface area contributed by atoms with E-state index in [0.29, 0.717) is 22.4 Å². The van der Waals surface area contributed by atoms with E-state index < -0.39 is 0 Å². The first kappa shape index (κ1) is 20.2. The van der Waals surface area contributed by atoms with Crippen LogP contribution in [0.4, 0.5) is 0 Å². The van der Waals surface area contributed by atoms with Crippen molar-refractivity contribution in [1.29, 1.82) is 0 Å². The maximum absolute atomic E-state index is 13.2. The van der Waals surface area contributed by atoms with E-state index in [1.54, 1.807) is 6.20 Å². The summed E-state index contributed by atoms with van der Waals surface area (Å²) >= 11 is 6.14. The summed E-state index contributed by atoms with van der Waals surface area (Å²) in [7, 11) is 0. The number of nitrogens with two attached hydrogens (primary N) is 1. The number of fused-ring (bicyclic) bond motifs is 1. The Labute approximate surface area is 171 Å². The molecule has 0 radical (unpaired) electrons. The van der Waals surface area contributed by atoms with Crippen LogP contribution in [0.3, 0.4) is 0 Å². The van der Waals surface area contributed by atoms with Gasteiger partial charge in [-0.3, -0.25) is 4.79 Å². The van der Waals surface area contributed by atoms with Crippen LogP contribution in [0.5, 0.6) is 0 Å². The standard InChI is InChI=1S/C20H25ClN4O.ClH/c1-12(2)19-16(9-23-25(19)15-5-3-4-14(21)8-15)20(26)24-10-13-6-7-18(22)17(13)11-24;/h3-5,8-9,12-13,17-18H,6-7,10-11,22H2,1-2H3;1H. The van der Waals surface area contributed by atoms with Crippen LogP contribution >= 0.6 is 24.0 Å². The highest BCUT2D eigenvalue weighted by Crippen LogP contribution is 2.38. The molecule has 2 aliphatic rings. The maximum Gasteiger partial charge on any atom is 0.257 e. The Morgan fingerprint density at radius 2 is 2.07 bits per heavy atom. The van der Waals surface area contributed by atoms with Crippen molar-refractivity contribution in [3.63, 3.8) is 0 Å². The van der Waals surface area contributed by atoms with Gasteiger partial charge >= 0.3 is 0 Å². The first-order valence-corrected chi connectivity index (χ1v) is 9.72. The van der Waals surface area contributed by atoms with E-state index in [0.717, 1.165) is 37.3 Å². The summed E-state index contributed by atoms with van der Waals surface area (Å²) in [6, 6.07) is 7.79. The number of likely N-dealkylation sites (tertiary alicyclic amines) is 1. The van der Waals surface area contributed by atoms with Gasteiger partial charge in [-0.2, -0.15) is 5.10 Å². The predicted octanol–water partition coefficient (Wildman–Crippen LogP) is 3.88. The van der Waals surface area contributed by atoms with Gasteiger partial charge in [0, 0.05) is 24.2 Å². The Bertz CT molecular complexity index is 835. The van der Waals surface area contributed by atoms with Crippen LogP contribution in [0.25, 0.3) is 5.69 Å². The van der Waals surface area contributed by atoms with Crippen molar-refractivity contribution in [2.45, 2.75) is 38.6 Å². The third kappa shape index (κ3) is 3.60. The number of amides is 1. The zero-order chi connectivity index (χ0) is 18.4. The van der Waals surface area contributed by atoms with Gasteiger partial charge in [-0.1, -0.05) is 31.5 Å². The van der Waals surface area contributed by atoms with E-state index in [9.17, 15) is 4.79 Å². The molecule has 1 aromatic carbocycles. The molecule has 1 amide bonds. The summed E-state index contributed by atoms with van der Waals surface area (Å²) in [5, 5.41) is 5.17. The summed E-state index contributed by atoms with van der Waals surface area (Å²) in [5.74, 6) is 1.24. The molecule has 4 rings (SSSR count). The van der Waals surface area contributed by atoms with E-state index in [-0.39, 0.29) is 30.3 Å². The highest BCUT2D eigenvalue weighted by atomic mass is 35.5. The SMILES string of the molecule is CC(C)c1c(C(=O)N2CC3CCC(N)C3C2)cnn1-c1cccc(Cl)c1.Cl. The van der Waals surface area contributed by atoms with Gasteiger partial charge in [0.1, 0.15) is 0 Å². The van der Waals surface area contributed by atoms with Gasteiger partial charge in [0.15, 0.2) is 0 Å². The minimum Gasteiger partial charge on any atom is -0.338 e. The van der Waals surface area contributed by atoms with Crippen molar-refractivity contribution < 1.29 is 4.79 Å². The summed E-state index contributed by atoms with van der Waals surface area (Å²) < 4.78 is 1.84. The second-order valence-electron chi connectivity index (χ2n) is 7.87. The normalized spacial score (nSPS) is 24.2. The number of hydrogen-bond donors (Lipinski definition) is 1. The smallest absolute Gasteiger partial charge is 0.257 e. The lowest BCUT2D eigenvalue weighted by atomic mass is 9.98. The molecule has 5 nitrogen and oxygen atoms in total. The predicted molar refractivity (Wildman–Crippen MR) is 110 cm³/mol. The number of carbonyl (C=O) groups excluding carboxylic acids is 1. The van der Waals surface area contributed by atoms with E-state index >= 15 is 0 Å². The van der Waals surface area contributed by atoms with Crippen LogP contribution in [-0.4, -0.2) is 39.7 Å². The topological polar surface area (TPSA) is 64.2 Å². The lowest BCUT2D eigenvalue weighted by molar-refractivity contribution is 0.0778. The number of halogens is 2. The molecule has 3 unspecified atom stereocenters. The van der Waals surface area contributed by atoms with Gasteiger partial charge in [-0.25, -0.2) is 4.68 Å². The first-order valence-electron chi connectivity index (χ1n) is 9.34. The van der Waals surface area contributed by atoms with Crippen molar-refractivity contribution in [2.24, 2.45) is 17.6 Å². The fourth-order valence-corrected chi connectivity index (χ4v) is 4.72. The highest BCUT2D eigenvalue weighted by Gasteiger charge is 2.43. The second kappa shape index (κ2) is 7.82. The molecule has 1 saturated heterocycles. The Morgan fingerprint density at radius 1 is 1.30 bits per heavy atom. The largest absolute Gasteiger partial charge is 0.338 e. The monoisotopic (exact) mass is 408 g/mol. The summed E-state index contributed by atoms with van der Waals surface area (Å²) in [5.41, 5.74) is 8.72. The second-order valence-corrected chi connectivity index (χ2v) is 8.30. The van der Waals surface area contributed by atoms with Crippen LogP contribution < -0.4 is 5.73 Å². The van der Waals surface area contributed by atoms with Crippen LogP contribution in [0, 0.1) is 11.8 Å². The fourth-order valence-electron chi connectivity index (χ4n) is 4.54. The van der Waals surface area contributed by atoms with Gasteiger partial charge < -0.3 is 10.6 Å². The molecule has 0 spiro atoms. The molecule has 2 aromatic rings. The molecule has 3 atom stereocenters. The number of carbonyl (C=O) groups is 1. The van der Waals surface area contributed by atoms with Crippen molar-refractivity contribution in [3.8, 4) is 5.69 Å². The van der Waals surface area contributed by atoms with Gasteiger partial charge in [-0.05, 0) is 48.8 Å². The molecule has 146 valence electrons. The Balaban J connectivity index is 0.00000210. The van der Waals surface area contributed by atoms with Crippen molar-refractivity contribution in [2.75, 3.05) is 13.1 Å². The first-order chi connectivity index (χ1) is 12.5. The van der Waals surface area contributed by atoms with E-state index in [2.05, 4.69) is 18.9 Å². The molecule has 2 heterocycles. The highest BCUT2D eigenvalue weighted by molar-refractivity contribution is 6.30. The number of hydrogen-bond acceptors (Lipinski definition) is 3. The number of benzene rings is 1. The maximum atomic E-state index is 13.2. The van der Waals surface area contributed by atoms with Crippen molar-refractivity contribution in [3.05, 3.63) is 46.7 Å². The molecule has 1 aliphatic carbocycles. The van der Waals surface area contributed by atoms with Crippen LogP contribution in [0.15, 0.2) is 30.5 Å². The quantitative estimate of drug-likeness (QED) is 0.837. The minimum absolute atomic E-state index is 0. The number of nitrogens with zero attached hydrogens (tertiary/aromatic N) is 3. The Hall–Kier alpha value is -1.56. The fraction of sp³-hybridized carbons (Fsp3) is 0.500. The zero-order valence-electron chi connectivity index (χ0n) is 15.6. The van der Waals surface area contributed by atoms with E-state index in [1.807, 2.05) is 33.8 Å². The third-order valence-corrected chi connectivity index (χ3v) is 6.07. The molecule has 7 heteroatoms. The molecule has 0 bridgehead atoms. The van der Waals surface area contributed by atoms with Crippen LogP contribution in [0.1, 0.15) is 48.7 Å². The van der Waals surface area contributed by atoms with Gasteiger partial charge in [0.25, 0.3) is 5.91 Å². The van der Waals surface area contributed by atoms with Crippen molar-refractivity contribution in [1.82, 2.24) is 14.7 Å². The van der Waals surface area contributed by atoms with E-state index in [4.69, 9.17) is 17.3 Å². The Morgan fingerprint density at radius 3 is 2.74 bits per heavy atom. The third-order valence-electron chi connectivity index (χ3n) is 5.84. The summed E-state index contributed by atoms with van der Waals surface area (Å²) in [4.78, 5) is 15.2. The van der Waals surface area contributed by atoms with Gasteiger partial charge in [0.2, 0.25) is 0 Å². The molecule has 1 saturated carbocycles. The lowest BCUT2D eigenvalue weighted by Gasteiger charge is -2.20. The average Bonchev–Trinajstić information content (AvgIpc) is 3.30. The van der Waals surface area contributed by atoms with Crippen LogP contribution in [0.2, 0.25) is 5.02 Å². The molecule has 27 heavy (non-hydrogen) atoms. The van der Waals surface area contributed by atoms with Gasteiger partial charge in [0.05, 0.1) is 23.1 Å². The summed E-state index contributed by atoms with van der Waals surface area (Å²) in [6.45, 7) is 5.76. The molecular weight excluding hydrogens is 383 g/mol. The molecule has 2 N–H and O–H groups in total. The number of aromatic nitrogens is 2. The Kier molecular flexibility index (Phi) is 5.84. The molecule has 1 aliphatic heterocycles. The zero-order valence-corrected chi connectivity index (χ0v) is 17.2. The molecule has 2 fully saturated rings. The van der Waals surface area contributed by atoms with Crippen molar-refractivity contribution >= 4 is 29.9 Å².